The maximum Gasteiger partial charge on any atom is 1.00 e. The Labute approximate surface area is 119 Å². The molecule has 0 heterocycles. The molecule has 80 valence electrons. The van der Waals surface area contributed by atoms with Crippen molar-refractivity contribution in [3.8, 4) is 0 Å². The summed E-state index contributed by atoms with van der Waals surface area (Å²) in [4.78, 5) is 11.8. The molecule has 0 aromatic carbocycles. The van der Waals surface area contributed by atoms with Gasteiger partial charge in [-0.25, -0.2) is 0 Å². The molecular formula is C8H18NaO2PS2. The minimum atomic E-state index is -2.94. The van der Waals surface area contributed by atoms with Gasteiger partial charge in [0.25, 0.3) is 0 Å². The van der Waals surface area contributed by atoms with Crippen LogP contribution in [0.15, 0.2) is 0 Å². The van der Waals surface area contributed by atoms with Crippen molar-refractivity contribution in [1.82, 2.24) is 0 Å². The van der Waals surface area contributed by atoms with E-state index in [1.54, 1.807) is 0 Å². The average Bonchev–Trinajstić information content (AvgIpc) is 1.43. The van der Waals surface area contributed by atoms with Crippen molar-refractivity contribution >= 4 is 28.9 Å². The van der Waals surface area contributed by atoms with Crippen molar-refractivity contribution in [3.05, 3.63) is 0 Å². The molecular weight excluding hydrogens is 246 g/mol. The number of hydrogen-bond donors (Lipinski definition) is 0. The fourth-order valence-electron chi connectivity index (χ4n) is 0.689. The van der Waals surface area contributed by atoms with Gasteiger partial charge in [0.1, 0.15) is 0 Å². The molecule has 0 radical (unpaired) electrons. The zero-order valence-electron chi connectivity index (χ0n) is 10.1. The van der Waals surface area contributed by atoms with Gasteiger partial charge in [0.2, 0.25) is 0 Å². The van der Waals surface area contributed by atoms with Crippen LogP contribution < -0.4 is 34.5 Å². The standard InChI is InChI=1S/C8H19O2PS2.Na/c1-7(2,3)10-11(9,12)13-8(4,5)6;/h1-6H3,(H,9,12);/q;+1/p-1. The Bertz CT molecular complexity index is 200. The predicted molar refractivity (Wildman–Crippen MR) is 62.5 cm³/mol. The SMILES string of the molecule is CC(C)(C)OP([O-])(=S)SC(C)(C)C.[Na+]. The molecule has 6 heteroatoms. The summed E-state index contributed by atoms with van der Waals surface area (Å²) in [5, 5.41) is 0. The molecule has 1 unspecified atom stereocenters. The third kappa shape index (κ3) is 12.0. The second-order valence-electron chi connectivity index (χ2n) is 4.85. The summed E-state index contributed by atoms with van der Waals surface area (Å²) in [6, 6.07) is 0. The molecule has 0 aliphatic rings. The van der Waals surface area contributed by atoms with E-state index in [0.717, 1.165) is 0 Å². The van der Waals surface area contributed by atoms with E-state index in [0.29, 0.717) is 0 Å². The van der Waals surface area contributed by atoms with Crippen molar-refractivity contribution in [3.63, 3.8) is 0 Å². The summed E-state index contributed by atoms with van der Waals surface area (Å²) >= 11 is 6.17. The molecule has 0 spiro atoms. The Hall–Kier alpha value is 1.92. The summed E-state index contributed by atoms with van der Waals surface area (Å²) in [5.41, 5.74) is -3.37. The average molecular weight is 264 g/mol. The first-order chi connectivity index (χ1) is 5.41. The third-order valence-electron chi connectivity index (χ3n) is 0.771. The second kappa shape index (κ2) is 6.02. The van der Waals surface area contributed by atoms with E-state index in [1.807, 2.05) is 41.5 Å². The van der Waals surface area contributed by atoms with Crippen LogP contribution in [0, 0.1) is 0 Å². The molecule has 14 heavy (non-hydrogen) atoms. The maximum atomic E-state index is 11.8. The monoisotopic (exact) mass is 264 g/mol. The van der Waals surface area contributed by atoms with Crippen molar-refractivity contribution in [2.75, 3.05) is 0 Å². The molecule has 1 atom stereocenters. The first-order valence-electron chi connectivity index (χ1n) is 4.14. The molecule has 0 N–H and O–H groups in total. The van der Waals surface area contributed by atoms with Gasteiger partial charge in [-0.1, -0.05) is 32.6 Å². The van der Waals surface area contributed by atoms with Gasteiger partial charge in [-0.2, -0.15) is 0 Å². The minimum Gasteiger partial charge on any atom is -0.793 e. The van der Waals surface area contributed by atoms with E-state index in [-0.39, 0.29) is 34.3 Å². The summed E-state index contributed by atoms with van der Waals surface area (Å²) in [6.45, 7) is 11.5. The van der Waals surface area contributed by atoms with Gasteiger partial charge in [0.15, 0.2) is 0 Å². The van der Waals surface area contributed by atoms with E-state index in [4.69, 9.17) is 16.3 Å². The Morgan fingerprint density at radius 3 is 1.71 bits per heavy atom. The molecule has 0 saturated heterocycles. The molecule has 0 fully saturated rings. The fourth-order valence-corrected chi connectivity index (χ4v) is 7.55. The van der Waals surface area contributed by atoms with Crippen LogP contribution in [0.4, 0.5) is 0 Å². The summed E-state index contributed by atoms with van der Waals surface area (Å²) < 4.78 is 5.21. The van der Waals surface area contributed by atoms with Crippen LogP contribution in [0.25, 0.3) is 0 Å². The summed E-state index contributed by atoms with van der Waals surface area (Å²) in [7, 11) is 0. The Balaban J connectivity index is 0. The van der Waals surface area contributed by atoms with E-state index in [1.165, 1.54) is 11.4 Å². The minimum absolute atomic E-state index is 0. The zero-order valence-corrected chi connectivity index (χ0v) is 14.6. The first kappa shape index (κ1) is 18.3. The van der Waals surface area contributed by atoms with Gasteiger partial charge < -0.3 is 9.42 Å². The molecule has 0 amide bonds. The third-order valence-corrected chi connectivity index (χ3v) is 5.75. The molecule has 0 aliphatic heterocycles. The molecule has 0 aromatic rings. The fraction of sp³-hybridized carbons (Fsp3) is 1.00. The van der Waals surface area contributed by atoms with E-state index in [9.17, 15) is 4.89 Å². The van der Waals surface area contributed by atoms with Gasteiger partial charge >= 0.3 is 29.6 Å². The summed E-state index contributed by atoms with van der Waals surface area (Å²) in [6.07, 6.45) is 0. The predicted octanol–water partition coefficient (Wildman–Crippen LogP) is -0.0780. The zero-order chi connectivity index (χ0) is 10.9. The molecule has 0 saturated carbocycles. The molecule has 0 aliphatic carbocycles. The smallest absolute Gasteiger partial charge is 0.793 e. The quantitative estimate of drug-likeness (QED) is 0.516. The van der Waals surface area contributed by atoms with Crippen molar-refractivity contribution < 1.29 is 39.0 Å². The van der Waals surface area contributed by atoms with Crippen LogP contribution in [0.3, 0.4) is 0 Å². The second-order valence-corrected chi connectivity index (χ2v) is 11.5. The normalized spacial score (nSPS) is 17.1. The van der Waals surface area contributed by atoms with E-state index < -0.39 is 11.3 Å². The van der Waals surface area contributed by atoms with Crippen LogP contribution >= 0.6 is 17.1 Å². The number of rotatable bonds is 2. The van der Waals surface area contributed by atoms with Crippen LogP contribution in [-0.2, 0) is 16.3 Å². The Morgan fingerprint density at radius 2 is 1.50 bits per heavy atom. The Kier molecular flexibility index (Phi) is 7.86. The first-order valence-corrected chi connectivity index (χ1v) is 8.20. The van der Waals surface area contributed by atoms with Crippen molar-refractivity contribution in [2.24, 2.45) is 0 Å². The van der Waals surface area contributed by atoms with Crippen LogP contribution in [0.2, 0.25) is 0 Å². The topological polar surface area (TPSA) is 32.3 Å². The van der Waals surface area contributed by atoms with Gasteiger partial charge in [-0.05, 0) is 20.8 Å². The van der Waals surface area contributed by atoms with E-state index >= 15 is 0 Å². The van der Waals surface area contributed by atoms with Crippen LogP contribution in [0.1, 0.15) is 41.5 Å². The largest absolute Gasteiger partial charge is 1.00 e. The molecule has 0 aromatic heterocycles. The Morgan fingerprint density at radius 1 is 1.14 bits per heavy atom. The number of hydrogen-bond acceptors (Lipinski definition) is 4. The maximum absolute atomic E-state index is 11.8. The van der Waals surface area contributed by atoms with Gasteiger partial charge in [-0.3, -0.25) is 0 Å². The van der Waals surface area contributed by atoms with Crippen LogP contribution in [-0.4, -0.2) is 10.3 Å². The van der Waals surface area contributed by atoms with Gasteiger partial charge in [0.05, 0.1) is 5.60 Å². The van der Waals surface area contributed by atoms with Crippen molar-refractivity contribution in [2.45, 2.75) is 51.9 Å². The van der Waals surface area contributed by atoms with Crippen LogP contribution in [0.5, 0.6) is 0 Å². The molecule has 0 bridgehead atoms. The summed E-state index contributed by atoms with van der Waals surface area (Å²) in [5.74, 6) is 0. The van der Waals surface area contributed by atoms with E-state index in [2.05, 4.69) is 0 Å². The molecule has 0 rings (SSSR count). The van der Waals surface area contributed by atoms with Gasteiger partial charge in [-0.15, -0.1) is 11.4 Å². The van der Waals surface area contributed by atoms with Crippen molar-refractivity contribution in [1.29, 1.82) is 0 Å². The molecule has 2 nitrogen and oxygen atoms in total. The van der Waals surface area contributed by atoms with Gasteiger partial charge in [0, 0.05) is 10.4 Å².